The summed E-state index contributed by atoms with van der Waals surface area (Å²) in [5, 5.41) is 5.56. The monoisotopic (exact) mass is 409 g/mol. The molecule has 3 amide bonds. The number of piperidine rings is 1. The van der Waals surface area contributed by atoms with E-state index in [1.807, 2.05) is 4.90 Å². The van der Waals surface area contributed by atoms with Crippen molar-refractivity contribution >= 4 is 23.3 Å². The number of nitrogens with zero attached hydrogens (tertiary/aromatic N) is 1. The summed E-state index contributed by atoms with van der Waals surface area (Å²) in [5.74, 6) is 1.77. The second kappa shape index (κ2) is 7.78. The van der Waals surface area contributed by atoms with Crippen LogP contribution in [0.1, 0.15) is 36.0 Å². The second-order valence-corrected chi connectivity index (χ2v) is 7.64. The topological polar surface area (TPSA) is 89.1 Å². The standard InChI is InChI=1S/C22H23N3O5/c26-21-17-11-14(4-6-18(17)28-10-8-16-3-1-2-9-25(16)21)23-22(27)24-15-5-7-19-20(12-15)30-13-29-19/h4-7,11-12,16H,1-3,8-10,13H2,(H2,23,24,27). The van der Waals surface area contributed by atoms with E-state index in [2.05, 4.69) is 10.6 Å². The Balaban J connectivity index is 1.32. The molecule has 1 unspecified atom stereocenters. The van der Waals surface area contributed by atoms with Crippen LogP contribution in [0.15, 0.2) is 36.4 Å². The summed E-state index contributed by atoms with van der Waals surface area (Å²) in [6, 6.07) is 10.2. The molecule has 30 heavy (non-hydrogen) atoms. The number of nitrogens with one attached hydrogen (secondary N) is 2. The molecule has 2 N–H and O–H groups in total. The highest BCUT2D eigenvalue weighted by Crippen LogP contribution is 2.34. The van der Waals surface area contributed by atoms with Crippen LogP contribution in [0.2, 0.25) is 0 Å². The maximum absolute atomic E-state index is 13.2. The Bertz CT molecular complexity index is 993. The average Bonchev–Trinajstić information content (AvgIpc) is 3.21. The largest absolute Gasteiger partial charge is 0.493 e. The molecule has 8 nitrogen and oxygen atoms in total. The molecular weight excluding hydrogens is 386 g/mol. The van der Waals surface area contributed by atoms with Crippen molar-refractivity contribution < 1.29 is 23.8 Å². The molecule has 0 aromatic heterocycles. The van der Waals surface area contributed by atoms with Crippen molar-refractivity contribution in [2.75, 3.05) is 30.6 Å². The van der Waals surface area contributed by atoms with E-state index in [9.17, 15) is 9.59 Å². The summed E-state index contributed by atoms with van der Waals surface area (Å²) in [7, 11) is 0. The fourth-order valence-corrected chi connectivity index (χ4v) is 4.20. The number of carbonyl (C=O) groups excluding carboxylic acids is 2. The van der Waals surface area contributed by atoms with E-state index in [0.29, 0.717) is 40.8 Å². The molecule has 0 bridgehead atoms. The molecule has 2 aromatic carbocycles. The highest BCUT2D eigenvalue weighted by atomic mass is 16.7. The van der Waals surface area contributed by atoms with Crippen molar-refractivity contribution in [2.24, 2.45) is 0 Å². The molecule has 3 heterocycles. The van der Waals surface area contributed by atoms with Gasteiger partial charge in [-0.05, 0) is 49.6 Å². The summed E-state index contributed by atoms with van der Waals surface area (Å²) in [5.41, 5.74) is 1.60. The van der Waals surface area contributed by atoms with E-state index in [-0.39, 0.29) is 18.7 Å². The molecule has 1 atom stereocenters. The van der Waals surface area contributed by atoms with Crippen molar-refractivity contribution in [3.63, 3.8) is 0 Å². The molecule has 3 aliphatic rings. The number of carbonyl (C=O) groups is 2. The fourth-order valence-electron chi connectivity index (χ4n) is 4.20. The summed E-state index contributed by atoms with van der Waals surface area (Å²) < 4.78 is 16.4. The fraction of sp³-hybridized carbons (Fsp3) is 0.364. The van der Waals surface area contributed by atoms with Crippen LogP contribution in [-0.2, 0) is 0 Å². The van der Waals surface area contributed by atoms with E-state index >= 15 is 0 Å². The molecule has 2 aromatic rings. The van der Waals surface area contributed by atoms with Crippen LogP contribution < -0.4 is 24.8 Å². The van der Waals surface area contributed by atoms with Gasteiger partial charge in [0.2, 0.25) is 6.79 Å². The van der Waals surface area contributed by atoms with E-state index in [4.69, 9.17) is 14.2 Å². The zero-order valence-corrected chi connectivity index (χ0v) is 16.5. The Morgan fingerprint density at radius 3 is 2.53 bits per heavy atom. The first-order valence-electron chi connectivity index (χ1n) is 10.2. The minimum absolute atomic E-state index is 0.0331. The van der Waals surface area contributed by atoms with Crippen LogP contribution in [0.4, 0.5) is 16.2 Å². The second-order valence-electron chi connectivity index (χ2n) is 7.64. The number of amides is 3. The Labute approximate surface area is 174 Å². The molecule has 1 saturated heterocycles. The number of hydrogen-bond donors (Lipinski definition) is 2. The molecular formula is C22H23N3O5. The minimum Gasteiger partial charge on any atom is -0.493 e. The zero-order chi connectivity index (χ0) is 20.5. The molecule has 5 rings (SSSR count). The number of urea groups is 1. The van der Waals surface area contributed by atoms with Gasteiger partial charge in [-0.2, -0.15) is 0 Å². The van der Waals surface area contributed by atoms with Crippen LogP contribution >= 0.6 is 0 Å². The summed E-state index contributed by atoms with van der Waals surface area (Å²) in [6.45, 7) is 1.53. The summed E-state index contributed by atoms with van der Waals surface area (Å²) in [4.78, 5) is 27.6. The zero-order valence-electron chi connectivity index (χ0n) is 16.5. The lowest BCUT2D eigenvalue weighted by atomic mass is 9.97. The Morgan fingerprint density at radius 2 is 1.67 bits per heavy atom. The Morgan fingerprint density at radius 1 is 0.900 bits per heavy atom. The van der Waals surface area contributed by atoms with Gasteiger partial charge in [0.05, 0.1) is 12.2 Å². The molecule has 156 valence electrons. The maximum atomic E-state index is 13.2. The number of anilines is 2. The molecule has 0 radical (unpaired) electrons. The lowest BCUT2D eigenvalue weighted by Crippen LogP contribution is -2.45. The van der Waals surface area contributed by atoms with Crippen molar-refractivity contribution in [1.82, 2.24) is 4.90 Å². The van der Waals surface area contributed by atoms with Gasteiger partial charge in [-0.15, -0.1) is 0 Å². The smallest absolute Gasteiger partial charge is 0.323 e. The third-order valence-electron chi connectivity index (χ3n) is 5.69. The van der Waals surface area contributed by atoms with Gasteiger partial charge in [0.1, 0.15) is 5.75 Å². The van der Waals surface area contributed by atoms with Gasteiger partial charge in [0.15, 0.2) is 11.5 Å². The first-order valence-corrected chi connectivity index (χ1v) is 10.2. The Kier molecular flexibility index (Phi) is 4.82. The van der Waals surface area contributed by atoms with Gasteiger partial charge in [-0.1, -0.05) is 0 Å². The number of rotatable bonds is 2. The number of ether oxygens (including phenoxy) is 3. The van der Waals surface area contributed by atoms with Crippen LogP contribution in [-0.4, -0.2) is 42.8 Å². The molecule has 3 aliphatic heterocycles. The normalized spacial score (nSPS) is 19.7. The van der Waals surface area contributed by atoms with Gasteiger partial charge in [-0.25, -0.2) is 4.79 Å². The van der Waals surface area contributed by atoms with E-state index in [1.165, 1.54) is 0 Å². The van der Waals surface area contributed by atoms with Crippen LogP contribution in [0.25, 0.3) is 0 Å². The predicted octanol–water partition coefficient (Wildman–Crippen LogP) is 3.84. The van der Waals surface area contributed by atoms with Gasteiger partial charge >= 0.3 is 6.03 Å². The Hall–Kier alpha value is -3.42. The van der Waals surface area contributed by atoms with Gasteiger partial charge < -0.3 is 29.7 Å². The van der Waals surface area contributed by atoms with Gasteiger partial charge in [0.25, 0.3) is 5.91 Å². The molecule has 8 heteroatoms. The van der Waals surface area contributed by atoms with Crippen molar-refractivity contribution in [3.05, 3.63) is 42.0 Å². The third kappa shape index (κ3) is 3.60. The van der Waals surface area contributed by atoms with Crippen molar-refractivity contribution in [1.29, 1.82) is 0 Å². The van der Waals surface area contributed by atoms with Gasteiger partial charge in [0, 0.05) is 36.4 Å². The lowest BCUT2D eigenvalue weighted by Gasteiger charge is -2.37. The quantitative estimate of drug-likeness (QED) is 0.787. The first kappa shape index (κ1) is 18.6. The number of hydrogen-bond acceptors (Lipinski definition) is 5. The highest BCUT2D eigenvalue weighted by Gasteiger charge is 2.31. The summed E-state index contributed by atoms with van der Waals surface area (Å²) in [6.07, 6.45) is 4.03. The van der Waals surface area contributed by atoms with E-state index < -0.39 is 6.03 Å². The van der Waals surface area contributed by atoms with Crippen molar-refractivity contribution in [2.45, 2.75) is 31.7 Å². The van der Waals surface area contributed by atoms with Crippen LogP contribution in [0.5, 0.6) is 17.2 Å². The molecule has 0 saturated carbocycles. The van der Waals surface area contributed by atoms with Crippen LogP contribution in [0.3, 0.4) is 0 Å². The molecule has 0 spiro atoms. The predicted molar refractivity (Wildman–Crippen MR) is 110 cm³/mol. The van der Waals surface area contributed by atoms with Crippen LogP contribution in [0, 0.1) is 0 Å². The number of benzene rings is 2. The van der Waals surface area contributed by atoms with E-state index in [0.717, 1.165) is 32.2 Å². The van der Waals surface area contributed by atoms with Gasteiger partial charge in [-0.3, -0.25) is 4.79 Å². The SMILES string of the molecule is O=C(Nc1ccc2c(c1)OCO2)Nc1ccc2c(c1)C(=O)N1CCCCC1CCO2. The first-order chi connectivity index (χ1) is 14.7. The molecule has 1 fully saturated rings. The van der Waals surface area contributed by atoms with Crippen molar-refractivity contribution in [3.8, 4) is 17.2 Å². The number of fused-ring (bicyclic) bond motifs is 3. The molecule has 0 aliphatic carbocycles. The lowest BCUT2D eigenvalue weighted by molar-refractivity contribution is 0.0548. The minimum atomic E-state index is -0.413. The highest BCUT2D eigenvalue weighted by molar-refractivity contribution is 6.02. The maximum Gasteiger partial charge on any atom is 0.323 e. The summed E-state index contributed by atoms with van der Waals surface area (Å²) >= 11 is 0. The van der Waals surface area contributed by atoms with E-state index in [1.54, 1.807) is 36.4 Å². The third-order valence-corrected chi connectivity index (χ3v) is 5.69. The average molecular weight is 409 g/mol.